The topological polar surface area (TPSA) is 264 Å². The summed E-state index contributed by atoms with van der Waals surface area (Å²) in [5.74, 6) is -0.138. The van der Waals surface area contributed by atoms with Gasteiger partial charge in [-0.15, -0.1) is 9.97 Å². The van der Waals surface area contributed by atoms with E-state index in [4.69, 9.17) is 72.3 Å². The smallest absolute Gasteiger partial charge is 0.294 e. The van der Waals surface area contributed by atoms with Gasteiger partial charge < -0.3 is 9.69 Å². The number of rotatable bonds is 0. The maximum atomic E-state index is 10.1. The van der Waals surface area contributed by atoms with E-state index in [1.54, 1.807) is 60.7 Å². The average Bonchev–Trinajstić information content (AvgIpc) is 0.671. The summed E-state index contributed by atoms with van der Waals surface area (Å²) in [6.07, 6.45) is 0. The predicted molar refractivity (Wildman–Crippen MR) is 488 cm³/mol. The van der Waals surface area contributed by atoms with Gasteiger partial charge in [0.2, 0.25) is 33.8 Å². The monoisotopic (exact) mass is 1590 g/mol. The molecule has 0 unspecified atom stereocenters. The Morgan fingerprint density at radius 3 is 0.921 bits per heavy atom. The van der Waals surface area contributed by atoms with Crippen molar-refractivity contribution in [2.75, 3.05) is 0 Å². The summed E-state index contributed by atoms with van der Waals surface area (Å²) in [4.78, 5) is 47.6. The lowest BCUT2D eigenvalue weighted by molar-refractivity contribution is 1.35. The second-order valence-corrected chi connectivity index (χ2v) is 28.3. The Bertz CT molecular complexity index is 9320. The van der Waals surface area contributed by atoms with Crippen molar-refractivity contribution in [3.63, 3.8) is 0 Å². The lowest BCUT2D eigenvalue weighted by Gasteiger charge is -2.17. The highest BCUT2D eigenvalue weighted by atomic mass is 15.0. The summed E-state index contributed by atoms with van der Waals surface area (Å²) in [7, 11) is 0. The third-order valence-corrected chi connectivity index (χ3v) is 22.5. The zero-order chi connectivity index (χ0) is 88.0. The van der Waals surface area contributed by atoms with Crippen molar-refractivity contribution in [2.45, 2.75) is 0 Å². The van der Waals surface area contributed by atoms with Crippen molar-refractivity contribution in [2.24, 2.45) is 0 Å². The van der Waals surface area contributed by atoms with E-state index in [2.05, 4.69) is 106 Å². The molecular formula is C105H35N21. The number of fused-ring (bicyclic) bond motifs is 32. The van der Waals surface area contributed by atoms with Crippen LogP contribution >= 0.6 is 0 Å². The van der Waals surface area contributed by atoms with Crippen molar-refractivity contribution in [3.8, 4) is 48.6 Å². The molecule has 560 valence electrons. The van der Waals surface area contributed by atoms with Crippen molar-refractivity contribution >= 4 is 235 Å². The molecule has 126 heavy (non-hydrogen) atoms. The summed E-state index contributed by atoms with van der Waals surface area (Å²) in [5.41, 5.74) is 3.37. The van der Waals surface area contributed by atoms with Gasteiger partial charge in [0, 0.05) is 10.8 Å². The molecule has 1 aromatic heterocycles. The van der Waals surface area contributed by atoms with Crippen LogP contribution in [0.25, 0.3) is 226 Å². The van der Waals surface area contributed by atoms with Gasteiger partial charge in [-0.1, -0.05) is 177 Å². The van der Waals surface area contributed by atoms with E-state index in [1.807, 2.05) is 152 Å². The van der Waals surface area contributed by atoms with Crippen LogP contribution in [0.3, 0.4) is 0 Å². The van der Waals surface area contributed by atoms with E-state index in [9.17, 15) is 42.1 Å². The van der Waals surface area contributed by atoms with Gasteiger partial charge in [-0.3, -0.25) is 38.8 Å². The third kappa shape index (κ3) is 11.8. The Balaban J connectivity index is 0.000000119. The molecule has 0 aliphatic heterocycles. The first kappa shape index (κ1) is 77.3. The van der Waals surface area contributed by atoms with Crippen LogP contribution in [-0.2, 0) is 0 Å². The molecule has 21 heteroatoms. The number of nitriles is 8. The molecule has 1 heterocycles. The zero-order valence-electron chi connectivity index (χ0n) is 64.6. The van der Waals surface area contributed by atoms with Gasteiger partial charge in [-0.25, -0.2) is 4.85 Å². The number of aromatic nitrogens is 2. The molecule has 0 radical (unpaired) electrons. The second-order valence-electron chi connectivity index (χ2n) is 28.3. The first-order valence-corrected chi connectivity index (χ1v) is 37.4. The normalized spacial score (nSPS) is 10.4. The minimum atomic E-state index is -0.181. The molecule has 0 saturated carbocycles. The Labute approximate surface area is 714 Å². The number of hydrogen-bond acceptors (Lipinski definition) is 10. The highest BCUT2D eigenvalue weighted by molar-refractivity contribution is 6.40. The molecule has 21 nitrogen and oxygen atoms in total. The molecule has 0 aliphatic rings. The summed E-state index contributed by atoms with van der Waals surface area (Å²) >= 11 is 0. The van der Waals surface area contributed by atoms with Crippen LogP contribution in [0.2, 0.25) is 0 Å². The fourth-order valence-electron chi connectivity index (χ4n) is 17.1. The van der Waals surface area contributed by atoms with Gasteiger partial charge in [0.1, 0.15) is 36.4 Å². The first-order chi connectivity index (χ1) is 61.7. The SMILES string of the molecule is [C-]#[N+]c1c([N+]#[C-])c([N+]#[C-])c2c(c1C#N)c1cc(C#N)c(C#N)cc1c1ccc3ccccc3c12.[C-]#[N+]c1cc2c(cc1C#N)c1ccc3ccccc3c1c1cc([N+]#[C-])c([N+]#[C-])cc21.[C-]#[N+]c1cc2c3cc(C#N)c(C#N)cc3c3ccc4ccccc4c3c2c([N+]#[C-])c1[N+]#[C-].[C-]#[N+]c1nc2c3cc(C#N)c(C#N)cc3c3ccc4ccccc4c3c2nc1[N+]#[C-]. The largest absolute Gasteiger partial charge is 0.370 e. The first-order valence-electron chi connectivity index (χ1n) is 37.4. The van der Waals surface area contributed by atoms with Gasteiger partial charge in [0.05, 0.1) is 116 Å². The van der Waals surface area contributed by atoms with Crippen LogP contribution in [0.15, 0.2) is 212 Å². The van der Waals surface area contributed by atoms with E-state index >= 15 is 0 Å². The molecule has 19 aromatic carbocycles. The minimum Gasteiger partial charge on any atom is -0.370 e. The molecule has 0 spiro atoms. The summed E-state index contributed by atoms with van der Waals surface area (Å²) < 4.78 is 0. The molecular weight excluding hydrogens is 1560 g/mol. The zero-order valence-corrected chi connectivity index (χ0v) is 64.6. The maximum absolute atomic E-state index is 10.1. The van der Waals surface area contributed by atoms with Crippen LogP contribution < -0.4 is 0 Å². The van der Waals surface area contributed by atoms with Crippen LogP contribution in [0, 0.1) is 163 Å². The number of nitrogens with zero attached hydrogens (tertiary/aromatic N) is 21. The molecule has 0 amide bonds. The fourth-order valence-corrected chi connectivity index (χ4v) is 17.1. The maximum Gasteiger partial charge on any atom is 0.294 e. The Morgan fingerprint density at radius 2 is 0.492 bits per heavy atom. The van der Waals surface area contributed by atoms with Crippen molar-refractivity contribution < 1.29 is 0 Å². The number of hydrogen-bond donors (Lipinski definition) is 0. The molecule has 20 aromatic rings. The third-order valence-electron chi connectivity index (χ3n) is 22.5. The molecule has 0 saturated heterocycles. The predicted octanol–water partition coefficient (Wildman–Crippen LogP) is 29.0. The standard InChI is InChI=1S/C28H8N6.C27H9N5.C26H10N4.C24H8N6/c1-32-26-22(14-31)24-21-11-17(13-30)16(12-29)10-20(21)19-9-8-15-6-4-5-7-18(15)23(19)25(24)27(33-2)28(26)34-3;1-30-23-12-22-21-11-17(14-29)16(13-28)10-20(21)19-9-8-15-6-4-5-7-18(15)24(19)25(22)27(32-3)26(23)31-2;1-28-23-11-20-19(10-16(23)14-27)18-9-8-15-6-4-5-7-17(15)26(18)22-13-25(30-3)24(29-2)12-21(20)22;1-27-23-24(28-2)30-22-20-16-6-4-3-5-13(16)7-8-17(20)18-9-14(11-25)15(12-26)10-19(18)21(22)29-23/h4-11H;4-12H;4-13H;3-10H. The Hall–Kier alpha value is -21.3. The highest BCUT2D eigenvalue weighted by Gasteiger charge is 2.29. The molecule has 20 rings (SSSR count). The quantitative estimate of drug-likeness (QED) is 0.102. The molecule has 0 N–H and O–H groups in total. The van der Waals surface area contributed by atoms with E-state index in [-0.39, 0.29) is 96.1 Å². The van der Waals surface area contributed by atoms with Crippen LogP contribution in [0.1, 0.15) is 44.5 Å². The summed E-state index contributed by atoms with van der Waals surface area (Å²) in [5, 5.41) is 101. The summed E-state index contributed by atoms with van der Waals surface area (Å²) in [6.45, 7) is 83.6. The molecule has 0 bridgehead atoms. The number of benzene rings is 19. The van der Waals surface area contributed by atoms with E-state index in [0.717, 1.165) is 113 Å². The van der Waals surface area contributed by atoms with Crippen LogP contribution in [0.5, 0.6) is 0 Å². The molecule has 0 aliphatic carbocycles. The average molecular weight is 1590 g/mol. The van der Waals surface area contributed by atoms with Crippen LogP contribution in [-0.4, -0.2) is 9.97 Å². The van der Waals surface area contributed by atoms with Crippen LogP contribution in [0.4, 0.5) is 62.8 Å². The van der Waals surface area contributed by atoms with Crippen molar-refractivity contribution in [1.82, 2.24) is 9.97 Å². The minimum absolute atomic E-state index is 0.00104. The van der Waals surface area contributed by atoms with Crippen molar-refractivity contribution in [3.05, 3.63) is 382 Å². The van der Waals surface area contributed by atoms with E-state index in [0.29, 0.717) is 70.8 Å². The summed E-state index contributed by atoms with van der Waals surface area (Å²) in [6, 6.07) is 82.0. The van der Waals surface area contributed by atoms with Gasteiger partial charge in [-0.2, -0.15) is 42.1 Å². The lowest BCUT2D eigenvalue weighted by Crippen LogP contribution is -1.93. The Morgan fingerprint density at radius 1 is 0.190 bits per heavy atom. The molecule has 0 fully saturated rings. The van der Waals surface area contributed by atoms with E-state index in [1.165, 1.54) is 6.07 Å². The Kier molecular flexibility index (Phi) is 19.1. The fraction of sp³-hybridized carbons (Fsp3) is 0. The van der Waals surface area contributed by atoms with Gasteiger partial charge >= 0.3 is 0 Å². The van der Waals surface area contributed by atoms with Gasteiger partial charge in [0.15, 0.2) is 28.4 Å². The molecule has 0 atom stereocenters. The van der Waals surface area contributed by atoms with Crippen molar-refractivity contribution in [1.29, 1.82) is 42.1 Å². The van der Waals surface area contributed by atoms with Gasteiger partial charge in [-0.05, 0) is 199 Å². The highest BCUT2D eigenvalue weighted by Crippen LogP contribution is 2.55. The van der Waals surface area contributed by atoms with E-state index < -0.39 is 0 Å². The lowest BCUT2D eigenvalue weighted by atomic mass is 9.86. The van der Waals surface area contributed by atoms with Gasteiger partial charge in [0.25, 0.3) is 11.6 Å². The second kappa shape index (κ2) is 31.1.